The number of hydrogen-bond donors (Lipinski definition) is 2. The van der Waals surface area contributed by atoms with Gasteiger partial charge in [-0.05, 0) is 60.7 Å². The van der Waals surface area contributed by atoms with E-state index in [2.05, 4.69) is 10.7 Å². The Morgan fingerprint density at radius 2 is 1.38 bits per heavy atom. The van der Waals surface area contributed by atoms with E-state index in [0.29, 0.717) is 28.8 Å². The van der Waals surface area contributed by atoms with Gasteiger partial charge in [0.2, 0.25) is 15.9 Å². The van der Waals surface area contributed by atoms with E-state index in [9.17, 15) is 27.6 Å². The van der Waals surface area contributed by atoms with E-state index in [4.69, 9.17) is 11.6 Å². The molecule has 0 saturated carbocycles. The monoisotopic (exact) mass is 581 g/mol. The Balaban J connectivity index is 1.11. The highest BCUT2D eigenvalue weighted by Crippen LogP contribution is 2.22. The lowest BCUT2D eigenvalue weighted by atomic mass is 10.1. The molecule has 0 aromatic heterocycles. The number of hydrogen-bond acceptors (Lipinski definition) is 7. The number of fused-ring (bicyclic) bond motifs is 1. The van der Waals surface area contributed by atoms with Crippen LogP contribution in [-0.2, 0) is 14.8 Å². The largest absolute Gasteiger partial charge is 0.325 e. The molecule has 0 spiro atoms. The minimum Gasteiger partial charge on any atom is -0.325 e. The Morgan fingerprint density at radius 3 is 1.95 bits per heavy atom. The van der Waals surface area contributed by atoms with Crippen molar-refractivity contribution in [2.24, 2.45) is 0 Å². The van der Waals surface area contributed by atoms with Crippen LogP contribution in [0.25, 0.3) is 0 Å². The molecule has 40 heavy (non-hydrogen) atoms. The Kier molecular flexibility index (Phi) is 7.68. The molecule has 206 valence electrons. The number of piperazine rings is 1. The van der Waals surface area contributed by atoms with Crippen molar-refractivity contribution in [2.45, 2.75) is 4.90 Å². The molecular formula is C27H24ClN5O6S. The van der Waals surface area contributed by atoms with Crippen molar-refractivity contribution in [1.29, 1.82) is 0 Å². The molecule has 11 nitrogen and oxygen atoms in total. The molecule has 0 radical (unpaired) electrons. The van der Waals surface area contributed by atoms with Gasteiger partial charge in [0.25, 0.3) is 17.7 Å². The number of hydrazine groups is 1. The summed E-state index contributed by atoms with van der Waals surface area (Å²) in [5, 5.41) is 3.89. The summed E-state index contributed by atoms with van der Waals surface area (Å²) < 4.78 is 27.1. The lowest BCUT2D eigenvalue weighted by Gasteiger charge is -2.33. The minimum atomic E-state index is -3.64. The average Bonchev–Trinajstić information content (AvgIpc) is 3.19. The maximum atomic E-state index is 12.8. The first kappa shape index (κ1) is 27.5. The van der Waals surface area contributed by atoms with Crippen LogP contribution in [0.5, 0.6) is 0 Å². The molecule has 1 saturated heterocycles. The third-order valence-electron chi connectivity index (χ3n) is 6.59. The van der Waals surface area contributed by atoms with E-state index in [-0.39, 0.29) is 47.1 Å². The second kappa shape index (κ2) is 11.2. The summed E-state index contributed by atoms with van der Waals surface area (Å²) in [6, 6.07) is 18.3. The summed E-state index contributed by atoms with van der Waals surface area (Å²) in [6.07, 6.45) is 0. The first-order chi connectivity index (χ1) is 19.1. The number of nitrogens with zero attached hydrogens (tertiary/aromatic N) is 3. The van der Waals surface area contributed by atoms with Crippen molar-refractivity contribution < 1.29 is 27.6 Å². The molecule has 2 heterocycles. The van der Waals surface area contributed by atoms with Crippen molar-refractivity contribution in [3.8, 4) is 0 Å². The third-order valence-corrected chi connectivity index (χ3v) is 8.75. The van der Waals surface area contributed by atoms with Gasteiger partial charge in [-0.15, -0.1) is 0 Å². The molecule has 0 aliphatic carbocycles. The molecule has 5 rings (SSSR count). The summed E-state index contributed by atoms with van der Waals surface area (Å²) in [5.41, 5.74) is 3.41. The maximum Gasteiger partial charge on any atom is 0.280 e. The summed E-state index contributed by atoms with van der Waals surface area (Å²) in [5.74, 6) is -2.17. The molecule has 1 fully saturated rings. The molecule has 2 aliphatic heterocycles. The first-order valence-electron chi connectivity index (χ1n) is 12.3. The van der Waals surface area contributed by atoms with E-state index in [1.807, 2.05) is 4.90 Å². The van der Waals surface area contributed by atoms with Gasteiger partial charge in [0, 0.05) is 42.5 Å². The van der Waals surface area contributed by atoms with Gasteiger partial charge in [0.05, 0.1) is 22.6 Å². The zero-order chi connectivity index (χ0) is 28.4. The minimum absolute atomic E-state index is 0.0663. The van der Waals surface area contributed by atoms with E-state index >= 15 is 0 Å². The van der Waals surface area contributed by atoms with Gasteiger partial charge in [-0.3, -0.25) is 29.5 Å². The normalized spacial score (nSPS) is 16.1. The van der Waals surface area contributed by atoms with Gasteiger partial charge in [-0.1, -0.05) is 23.7 Å². The maximum absolute atomic E-state index is 12.8. The quantitative estimate of drug-likeness (QED) is 0.408. The fourth-order valence-electron chi connectivity index (χ4n) is 4.45. The SMILES string of the molecule is O=C(CN1CCN(S(=O)(=O)c2ccc(Cl)cc2)CC1)Nc1ccc(C(=O)NN2C(=O)c3ccccc3C2=O)cc1. The van der Waals surface area contributed by atoms with Gasteiger partial charge < -0.3 is 5.32 Å². The third kappa shape index (κ3) is 5.61. The highest BCUT2D eigenvalue weighted by molar-refractivity contribution is 7.89. The standard InChI is InChI=1S/C27H24ClN5O6S/c28-19-7-11-21(12-8-19)40(38,39)32-15-13-31(14-16-32)17-24(34)29-20-9-5-18(6-10-20)25(35)30-33-26(36)22-3-1-2-4-23(22)27(33)37/h1-12H,13-17H2,(H,29,34)(H,30,35). The molecule has 0 atom stereocenters. The fraction of sp³-hybridized carbons (Fsp3) is 0.185. The molecule has 2 N–H and O–H groups in total. The summed E-state index contributed by atoms with van der Waals surface area (Å²) >= 11 is 5.86. The van der Waals surface area contributed by atoms with Crippen LogP contribution < -0.4 is 10.7 Å². The predicted molar refractivity (Wildman–Crippen MR) is 146 cm³/mol. The van der Waals surface area contributed by atoms with Crippen LogP contribution in [0.2, 0.25) is 5.02 Å². The Morgan fingerprint density at radius 1 is 0.800 bits per heavy atom. The number of sulfonamides is 1. The van der Waals surface area contributed by atoms with Crippen molar-refractivity contribution in [3.63, 3.8) is 0 Å². The zero-order valence-corrected chi connectivity index (χ0v) is 22.6. The highest BCUT2D eigenvalue weighted by Gasteiger charge is 2.36. The number of benzene rings is 3. The van der Waals surface area contributed by atoms with Crippen LogP contribution in [0.4, 0.5) is 5.69 Å². The zero-order valence-electron chi connectivity index (χ0n) is 21.0. The Bertz CT molecular complexity index is 1550. The van der Waals surface area contributed by atoms with E-state index in [1.54, 1.807) is 12.1 Å². The summed E-state index contributed by atoms with van der Waals surface area (Å²) in [4.78, 5) is 52.2. The van der Waals surface area contributed by atoms with Crippen LogP contribution in [-0.4, -0.2) is 79.0 Å². The second-order valence-corrected chi connectivity index (χ2v) is 11.6. The van der Waals surface area contributed by atoms with E-state index in [1.165, 1.54) is 65.0 Å². The van der Waals surface area contributed by atoms with Crippen LogP contribution in [0.3, 0.4) is 0 Å². The lowest BCUT2D eigenvalue weighted by Crippen LogP contribution is -2.50. The van der Waals surface area contributed by atoms with Gasteiger partial charge in [0.15, 0.2) is 0 Å². The molecule has 3 aromatic carbocycles. The fourth-order valence-corrected chi connectivity index (χ4v) is 6.00. The number of carbonyl (C=O) groups is 4. The smallest absolute Gasteiger partial charge is 0.280 e. The average molecular weight is 582 g/mol. The van der Waals surface area contributed by atoms with Crippen molar-refractivity contribution in [2.75, 3.05) is 38.0 Å². The van der Waals surface area contributed by atoms with Crippen molar-refractivity contribution >= 4 is 50.9 Å². The van der Waals surface area contributed by atoms with E-state index in [0.717, 1.165) is 0 Å². The van der Waals surface area contributed by atoms with Crippen LogP contribution in [0, 0.1) is 0 Å². The number of amides is 4. The molecular weight excluding hydrogens is 558 g/mol. The molecule has 3 aromatic rings. The molecule has 2 aliphatic rings. The van der Waals surface area contributed by atoms with Gasteiger partial charge >= 0.3 is 0 Å². The Labute approximate surface area is 235 Å². The molecule has 0 unspecified atom stereocenters. The number of halogens is 1. The Hall–Kier alpha value is -4.10. The molecule has 13 heteroatoms. The van der Waals surface area contributed by atoms with Gasteiger partial charge in [-0.2, -0.15) is 9.31 Å². The van der Waals surface area contributed by atoms with Gasteiger partial charge in [-0.25, -0.2) is 8.42 Å². The predicted octanol–water partition coefficient (Wildman–Crippen LogP) is 2.23. The van der Waals surface area contributed by atoms with Crippen molar-refractivity contribution in [1.82, 2.24) is 19.6 Å². The van der Waals surface area contributed by atoms with Crippen LogP contribution in [0.15, 0.2) is 77.7 Å². The topological polar surface area (TPSA) is 136 Å². The highest BCUT2D eigenvalue weighted by atomic mass is 35.5. The number of carbonyl (C=O) groups excluding carboxylic acids is 4. The van der Waals surface area contributed by atoms with Crippen molar-refractivity contribution in [3.05, 3.63) is 94.5 Å². The summed E-state index contributed by atoms with van der Waals surface area (Å²) in [6.45, 7) is 1.33. The number of imide groups is 1. The van der Waals surface area contributed by atoms with Crippen LogP contribution in [0.1, 0.15) is 31.1 Å². The molecule has 4 amide bonds. The van der Waals surface area contributed by atoms with E-state index < -0.39 is 27.7 Å². The molecule has 0 bridgehead atoms. The number of rotatable bonds is 7. The van der Waals surface area contributed by atoms with Crippen LogP contribution >= 0.6 is 11.6 Å². The summed E-state index contributed by atoms with van der Waals surface area (Å²) in [7, 11) is -3.64. The number of nitrogens with one attached hydrogen (secondary N) is 2. The number of anilines is 1. The lowest BCUT2D eigenvalue weighted by molar-refractivity contribution is -0.117. The first-order valence-corrected chi connectivity index (χ1v) is 14.1. The second-order valence-electron chi connectivity index (χ2n) is 9.19. The van der Waals surface area contributed by atoms with Gasteiger partial charge in [0.1, 0.15) is 0 Å².